The van der Waals surface area contributed by atoms with Gasteiger partial charge in [0.05, 0.1) is 11.4 Å². The first-order chi connectivity index (χ1) is 21.1. The summed E-state index contributed by atoms with van der Waals surface area (Å²) in [6.45, 7) is 8.40. The molecule has 2 N–H and O–H groups in total. The maximum Gasteiger partial charge on any atom is 0.324 e. The maximum absolute atomic E-state index is 13.2. The number of anilines is 2. The van der Waals surface area contributed by atoms with Crippen LogP contribution in [-0.4, -0.2) is 38.7 Å². The van der Waals surface area contributed by atoms with Crippen molar-refractivity contribution in [1.82, 2.24) is 14.7 Å². The van der Waals surface area contributed by atoms with Gasteiger partial charge in [-0.1, -0.05) is 56.7 Å². The molecule has 2 unspecified atom stereocenters. The van der Waals surface area contributed by atoms with Crippen molar-refractivity contribution in [2.75, 3.05) is 10.6 Å². The van der Waals surface area contributed by atoms with Gasteiger partial charge >= 0.3 is 6.03 Å². The number of carbonyl (C=O) groups excluding carboxylic acids is 2. The first-order valence-electron chi connectivity index (χ1n) is 15.8. The van der Waals surface area contributed by atoms with E-state index in [-0.39, 0.29) is 11.4 Å². The van der Waals surface area contributed by atoms with Crippen molar-refractivity contribution in [3.05, 3.63) is 93.8 Å². The summed E-state index contributed by atoms with van der Waals surface area (Å²) in [5.74, 6) is 1.48. The molecule has 0 aliphatic carbocycles. The fourth-order valence-corrected chi connectivity index (χ4v) is 7.49. The van der Waals surface area contributed by atoms with Gasteiger partial charge in [-0.15, -0.1) is 11.3 Å². The Balaban J connectivity index is 1.07. The zero-order chi connectivity index (χ0) is 30.8. The van der Waals surface area contributed by atoms with Crippen molar-refractivity contribution in [3.63, 3.8) is 0 Å². The first-order valence-corrected chi connectivity index (χ1v) is 16.7. The van der Waals surface area contributed by atoms with Crippen molar-refractivity contribution < 1.29 is 9.59 Å². The highest BCUT2D eigenvalue weighted by Crippen LogP contribution is 2.40. The van der Waals surface area contributed by atoms with E-state index in [1.54, 1.807) is 16.0 Å². The van der Waals surface area contributed by atoms with Gasteiger partial charge < -0.3 is 10.2 Å². The molecule has 2 fully saturated rings. The molecule has 2 atom stereocenters. The molecule has 0 radical (unpaired) electrons. The number of aromatic nitrogens is 2. The number of carbonyl (C=O) groups is 2. The van der Waals surface area contributed by atoms with E-state index >= 15 is 0 Å². The Morgan fingerprint density at radius 2 is 1.70 bits per heavy atom. The molecule has 0 saturated carbocycles. The summed E-state index contributed by atoms with van der Waals surface area (Å²) in [6, 6.07) is 22.8. The number of aryl methyl sites for hydroxylation is 2. The van der Waals surface area contributed by atoms with E-state index in [9.17, 15) is 9.59 Å². The van der Waals surface area contributed by atoms with Crippen LogP contribution in [0.3, 0.4) is 0 Å². The summed E-state index contributed by atoms with van der Waals surface area (Å²) in [7, 11) is 0. The molecule has 230 valence electrons. The predicted octanol–water partition coefficient (Wildman–Crippen LogP) is 8.13. The standard InChI is InChI=1S/C36H43N5O2S/c1-24-10-12-28(13-11-24)41-33(23-32(39-41)36(2,3)4)38-35(43)37-27-8-5-7-25(20-27)19-26-21-29-14-15-30(22-26)40(29)34(42)17-16-31-9-6-18-44-31/h5-13,18,20,23,26,29-30H,14-17,19,21-22H2,1-4H3,(H2,37,38,43). The molecule has 7 nitrogen and oxygen atoms in total. The van der Waals surface area contributed by atoms with Gasteiger partial charge in [0.25, 0.3) is 0 Å². The van der Waals surface area contributed by atoms with E-state index < -0.39 is 0 Å². The predicted molar refractivity (Wildman–Crippen MR) is 179 cm³/mol. The molecule has 4 heterocycles. The fraction of sp³-hybridized carbons (Fsp3) is 0.417. The molecule has 0 spiro atoms. The molecule has 2 aromatic heterocycles. The van der Waals surface area contributed by atoms with E-state index in [2.05, 4.69) is 72.9 Å². The van der Waals surface area contributed by atoms with E-state index in [0.717, 1.165) is 55.6 Å². The number of benzene rings is 2. The third kappa shape index (κ3) is 6.91. The molecule has 2 saturated heterocycles. The van der Waals surface area contributed by atoms with Gasteiger partial charge in [0.2, 0.25) is 5.91 Å². The van der Waals surface area contributed by atoms with Crippen LogP contribution in [0.15, 0.2) is 72.1 Å². The first kappa shape index (κ1) is 30.1. The number of nitrogens with zero attached hydrogens (tertiary/aromatic N) is 3. The van der Waals surface area contributed by atoms with Crippen LogP contribution in [0.2, 0.25) is 0 Å². The van der Waals surface area contributed by atoms with Gasteiger partial charge in [0.1, 0.15) is 5.82 Å². The van der Waals surface area contributed by atoms with Crippen molar-refractivity contribution in [2.24, 2.45) is 5.92 Å². The van der Waals surface area contributed by atoms with Gasteiger partial charge in [-0.25, -0.2) is 9.48 Å². The number of rotatable bonds is 8. The highest BCUT2D eigenvalue weighted by Gasteiger charge is 2.42. The van der Waals surface area contributed by atoms with Crippen LogP contribution in [0.4, 0.5) is 16.3 Å². The lowest BCUT2D eigenvalue weighted by Crippen LogP contribution is -2.47. The molecular formula is C36H43N5O2S. The van der Waals surface area contributed by atoms with Crippen molar-refractivity contribution in [3.8, 4) is 5.69 Å². The Bertz CT molecular complexity index is 1590. The van der Waals surface area contributed by atoms with Crippen LogP contribution in [-0.2, 0) is 23.1 Å². The molecule has 2 aromatic carbocycles. The largest absolute Gasteiger partial charge is 0.337 e. The molecular weight excluding hydrogens is 566 g/mol. The lowest BCUT2D eigenvalue weighted by atomic mass is 9.85. The summed E-state index contributed by atoms with van der Waals surface area (Å²) < 4.78 is 1.80. The van der Waals surface area contributed by atoms with Crippen LogP contribution in [0.25, 0.3) is 5.69 Å². The van der Waals surface area contributed by atoms with Crippen LogP contribution >= 0.6 is 11.3 Å². The summed E-state index contributed by atoms with van der Waals surface area (Å²) in [5, 5.41) is 13.0. The summed E-state index contributed by atoms with van der Waals surface area (Å²) in [5.41, 5.74) is 4.78. The van der Waals surface area contributed by atoms with Crippen molar-refractivity contribution in [1.29, 1.82) is 0 Å². The lowest BCUT2D eigenvalue weighted by Gasteiger charge is -2.39. The number of fused-ring (bicyclic) bond motifs is 2. The summed E-state index contributed by atoms with van der Waals surface area (Å²) in [4.78, 5) is 29.9. The summed E-state index contributed by atoms with van der Waals surface area (Å²) in [6.07, 6.45) is 6.74. The van der Waals surface area contributed by atoms with Crippen molar-refractivity contribution >= 4 is 34.8 Å². The van der Waals surface area contributed by atoms with Gasteiger partial charge in [-0.05, 0) is 92.6 Å². The maximum atomic E-state index is 13.2. The third-order valence-corrected chi connectivity index (χ3v) is 9.93. The van der Waals surface area contributed by atoms with Crippen LogP contribution in [0.1, 0.15) is 74.6 Å². The number of hydrogen-bond donors (Lipinski definition) is 2. The Hall–Kier alpha value is -3.91. The van der Waals surface area contributed by atoms with Gasteiger partial charge in [0.15, 0.2) is 0 Å². The normalized spacial score (nSPS) is 19.6. The van der Waals surface area contributed by atoms with E-state index in [1.807, 2.05) is 42.5 Å². The van der Waals surface area contributed by atoms with Gasteiger partial charge in [-0.3, -0.25) is 10.1 Å². The quantitative estimate of drug-likeness (QED) is 0.212. The second-order valence-corrected chi connectivity index (χ2v) is 14.5. The average molecular weight is 610 g/mol. The molecule has 44 heavy (non-hydrogen) atoms. The topological polar surface area (TPSA) is 79.3 Å². The van der Waals surface area contributed by atoms with E-state index in [0.29, 0.717) is 36.1 Å². The number of hydrogen-bond acceptors (Lipinski definition) is 4. The minimum absolute atomic E-state index is 0.162. The minimum atomic E-state index is -0.303. The SMILES string of the molecule is Cc1ccc(-n2nc(C(C)(C)C)cc2NC(=O)Nc2cccc(CC3CC4CCC(C3)N4C(=O)CCc3cccs3)c2)cc1. The minimum Gasteiger partial charge on any atom is -0.337 e. The van der Waals surface area contributed by atoms with Crippen molar-refractivity contribution in [2.45, 2.75) is 90.1 Å². The summed E-state index contributed by atoms with van der Waals surface area (Å²) >= 11 is 1.73. The van der Waals surface area contributed by atoms with Gasteiger partial charge in [-0.2, -0.15) is 5.10 Å². The number of piperidine rings is 1. The second kappa shape index (κ2) is 12.6. The number of urea groups is 1. The Labute approximate surface area is 264 Å². The molecule has 4 aromatic rings. The highest BCUT2D eigenvalue weighted by atomic mass is 32.1. The van der Waals surface area contributed by atoms with E-state index in [1.165, 1.54) is 16.0 Å². The molecule has 3 amide bonds. The van der Waals surface area contributed by atoms with Gasteiger partial charge in [0, 0.05) is 40.6 Å². The molecule has 2 aliphatic rings. The molecule has 8 heteroatoms. The lowest BCUT2D eigenvalue weighted by molar-refractivity contribution is -0.136. The zero-order valence-electron chi connectivity index (χ0n) is 26.2. The highest BCUT2D eigenvalue weighted by molar-refractivity contribution is 7.09. The third-order valence-electron chi connectivity index (χ3n) is 8.99. The molecule has 2 aliphatic heterocycles. The smallest absolute Gasteiger partial charge is 0.324 e. The molecule has 6 rings (SSSR count). The van der Waals surface area contributed by atoms with Crippen LogP contribution < -0.4 is 10.6 Å². The zero-order valence-corrected chi connectivity index (χ0v) is 27.0. The van der Waals surface area contributed by atoms with Crippen LogP contribution in [0.5, 0.6) is 0 Å². The molecule has 2 bridgehead atoms. The van der Waals surface area contributed by atoms with Crippen LogP contribution in [0, 0.1) is 12.8 Å². The van der Waals surface area contributed by atoms with E-state index in [4.69, 9.17) is 5.10 Å². The fourth-order valence-electron chi connectivity index (χ4n) is 6.79. The number of thiophene rings is 1. The number of nitrogens with one attached hydrogen (secondary N) is 2. The monoisotopic (exact) mass is 609 g/mol. The Morgan fingerprint density at radius 3 is 2.39 bits per heavy atom. The number of amides is 3. The Kier molecular flexibility index (Phi) is 8.63. The average Bonchev–Trinajstić information content (AvgIpc) is 3.71. The second-order valence-electron chi connectivity index (χ2n) is 13.5. The Morgan fingerprint density at radius 1 is 0.955 bits per heavy atom.